The molecule has 9 heteroatoms. The van der Waals surface area contributed by atoms with Crippen molar-refractivity contribution in [3.63, 3.8) is 0 Å². The van der Waals surface area contributed by atoms with E-state index in [1.165, 1.54) is 12.1 Å². The molecule has 1 aliphatic heterocycles. The van der Waals surface area contributed by atoms with Crippen molar-refractivity contribution in [2.24, 2.45) is 0 Å². The van der Waals surface area contributed by atoms with Crippen LogP contribution in [0.5, 0.6) is 0 Å². The molecule has 1 aliphatic rings. The highest BCUT2D eigenvalue weighted by atomic mass is 32.2. The van der Waals surface area contributed by atoms with Gasteiger partial charge in [0.05, 0.1) is 17.7 Å². The predicted molar refractivity (Wildman–Crippen MR) is 105 cm³/mol. The van der Waals surface area contributed by atoms with Gasteiger partial charge < -0.3 is 10.1 Å². The molecule has 2 aromatic carbocycles. The summed E-state index contributed by atoms with van der Waals surface area (Å²) in [5, 5.41) is 2.67. The Kier molecular flexibility index (Phi) is 5.97. The van der Waals surface area contributed by atoms with Gasteiger partial charge >= 0.3 is 5.97 Å². The average molecular weight is 416 g/mol. The van der Waals surface area contributed by atoms with E-state index in [9.17, 15) is 22.8 Å². The van der Waals surface area contributed by atoms with Crippen LogP contribution in [0.15, 0.2) is 53.4 Å². The molecule has 0 spiro atoms. The lowest BCUT2D eigenvalue weighted by Crippen LogP contribution is -2.31. The van der Waals surface area contributed by atoms with Gasteiger partial charge in [-0.1, -0.05) is 12.1 Å². The number of esters is 1. The monoisotopic (exact) mass is 416 g/mol. The molecule has 0 aromatic heterocycles. The Balaban J connectivity index is 1.53. The van der Waals surface area contributed by atoms with Crippen molar-refractivity contribution in [2.75, 3.05) is 18.5 Å². The standard InChI is InChI=1S/C20H20N2O6S/c1-2-28-20(25)14-9-11-15(12-10-14)21-18(23)8-5-13-22-19(24)16-6-3-4-7-17(16)29(22,26)27/h3-4,6-7,9-12H,2,5,8,13H2,1H3,(H,21,23). The number of hydrogen-bond acceptors (Lipinski definition) is 6. The molecule has 152 valence electrons. The van der Waals surface area contributed by atoms with E-state index in [4.69, 9.17) is 4.74 Å². The first kappa shape index (κ1) is 20.5. The first-order valence-corrected chi connectivity index (χ1v) is 10.5. The zero-order valence-corrected chi connectivity index (χ0v) is 16.6. The summed E-state index contributed by atoms with van der Waals surface area (Å²) in [4.78, 5) is 36.0. The third-order valence-electron chi connectivity index (χ3n) is 4.36. The normalized spacial score (nSPS) is 14.4. The fraction of sp³-hybridized carbons (Fsp3) is 0.250. The average Bonchev–Trinajstić information content (AvgIpc) is 2.89. The summed E-state index contributed by atoms with van der Waals surface area (Å²) in [6.07, 6.45) is 0.223. The van der Waals surface area contributed by atoms with E-state index >= 15 is 0 Å². The minimum Gasteiger partial charge on any atom is -0.462 e. The number of nitrogens with one attached hydrogen (secondary N) is 1. The fourth-order valence-electron chi connectivity index (χ4n) is 2.96. The Hall–Kier alpha value is -3.20. The number of sulfonamides is 1. The molecule has 0 atom stereocenters. The van der Waals surface area contributed by atoms with E-state index in [-0.39, 0.29) is 42.4 Å². The number of hydrogen-bond donors (Lipinski definition) is 1. The molecule has 29 heavy (non-hydrogen) atoms. The second-order valence-electron chi connectivity index (χ2n) is 6.33. The third kappa shape index (κ3) is 4.29. The molecule has 0 unspecified atom stereocenters. The molecule has 3 rings (SSSR count). The molecule has 2 amide bonds. The molecule has 0 saturated heterocycles. The van der Waals surface area contributed by atoms with Crippen molar-refractivity contribution < 1.29 is 27.5 Å². The van der Waals surface area contributed by atoms with Gasteiger partial charge in [-0.15, -0.1) is 0 Å². The second kappa shape index (κ2) is 8.44. The van der Waals surface area contributed by atoms with E-state index in [1.54, 1.807) is 43.3 Å². The molecule has 8 nitrogen and oxygen atoms in total. The fourth-order valence-corrected chi connectivity index (χ4v) is 4.57. The molecule has 0 bridgehead atoms. The largest absolute Gasteiger partial charge is 0.462 e. The van der Waals surface area contributed by atoms with Crippen molar-refractivity contribution in [3.8, 4) is 0 Å². The molecular weight excluding hydrogens is 396 g/mol. The number of rotatable bonds is 7. The van der Waals surface area contributed by atoms with Gasteiger partial charge in [0.1, 0.15) is 4.90 Å². The zero-order valence-electron chi connectivity index (χ0n) is 15.8. The van der Waals surface area contributed by atoms with E-state index < -0.39 is 21.9 Å². The van der Waals surface area contributed by atoms with Gasteiger partial charge in [0, 0.05) is 18.7 Å². The minimum absolute atomic E-state index is 0.00357. The Morgan fingerprint density at radius 2 is 1.76 bits per heavy atom. The first-order valence-electron chi connectivity index (χ1n) is 9.07. The lowest BCUT2D eigenvalue weighted by atomic mass is 10.2. The van der Waals surface area contributed by atoms with E-state index in [0.717, 1.165) is 4.31 Å². The van der Waals surface area contributed by atoms with Crippen LogP contribution >= 0.6 is 0 Å². The third-order valence-corrected chi connectivity index (χ3v) is 6.20. The van der Waals surface area contributed by atoms with Gasteiger partial charge in [-0.25, -0.2) is 17.5 Å². The number of carbonyl (C=O) groups is 3. The minimum atomic E-state index is -3.86. The highest BCUT2D eigenvalue weighted by Crippen LogP contribution is 2.30. The predicted octanol–water partition coefficient (Wildman–Crippen LogP) is 2.43. The van der Waals surface area contributed by atoms with Crippen LogP contribution in [0.25, 0.3) is 0 Å². The maximum Gasteiger partial charge on any atom is 0.338 e. The van der Waals surface area contributed by atoms with Crippen LogP contribution in [-0.2, 0) is 19.6 Å². The van der Waals surface area contributed by atoms with Gasteiger partial charge in [-0.3, -0.25) is 9.59 Å². The summed E-state index contributed by atoms with van der Waals surface area (Å²) in [6.45, 7) is 1.91. The molecule has 0 fully saturated rings. The van der Waals surface area contributed by atoms with Gasteiger partial charge in [-0.05, 0) is 49.7 Å². The number of anilines is 1. The van der Waals surface area contributed by atoms with E-state index in [1.807, 2.05) is 0 Å². The van der Waals surface area contributed by atoms with Crippen molar-refractivity contribution in [1.82, 2.24) is 4.31 Å². The molecule has 1 heterocycles. The van der Waals surface area contributed by atoms with Crippen LogP contribution in [0.3, 0.4) is 0 Å². The van der Waals surface area contributed by atoms with Crippen molar-refractivity contribution in [2.45, 2.75) is 24.7 Å². The van der Waals surface area contributed by atoms with Crippen molar-refractivity contribution in [1.29, 1.82) is 0 Å². The van der Waals surface area contributed by atoms with E-state index in [2.05, 4.69) is 5.32 Å². The molecule has 2 aromatic rings. The van der Waals surface area contributed by atoms with Crippen LogP contribution in [0, 0.1) is 0 Å². The van der Waals surface area contributed by atoms with Gasteiger partial charge in [0.15, 0.2) is 0 Å². The Bertz CT molecular complexity index is 1050. The Labute approximate surface area is 168 Å². The number of fused-ring (bicyclic) bond motifs is 1. The number of benzene rings is 2. The Morgan fingerprint density at radius 3 is 2.41 bits per heavy atom. The van der Waals surface area contributed by atoms with E-state index in [0.29, 0.717) is 11.3 Å². The quantitative estimate of drug-likeness (QED) is 0.694. The van der Waals surface area contributed by atoms with Crippen molar-refractivity contribution >= 4 is 33.5 Å². The maximum atomic E-state index is 12.5. The Morgan fingerprint density at radius 1 is 1.07 bits per heavy atom. The maximum absolute atomic E-state index is 12.5. The van der Waals surface area contributed by atoms with Crippen LogP contribution in [0.1, 0.15) is 40.5 Å². The molecular formula is C20H20N2O6S. The lowest BCUT2D eigenvalue weighted by molar-refractivity contribution is -0.116. The van der Waals surface area contributed by atoms with Crippen LogP contribution in [0.4, 0.5) is 5.69 Å². The molecule has 1 N–H and O–H groups in total. The van der Waals surface area contributed by atoms with Crippen LogP contribution in [-0.4, -0.2) is 43.7 Å². The number of carbonyl (C=O) groups excluding carboxylic acids is 3. The molecule has 0 saturated carbocycles. The zero-order chi connectivity index (χ0) is 21.0. The van der Waals surface area contributed by atoms with Gasteiger partial charge in [-0.2, -0.15) is 0 Å². The summed E-state index contributed by atoms with van der Waals surface area (Å²) in [5.74, 6) is -1.34. The SMILES string of the molecule is CCOC(=O)c1ccc(NC(=O)CCCN2C(=O)c3ccccc3S2(=O)=O)cc1. The topological polar surface area (TPSA) is 110 Å². The summed E-state index contributed by atoms with van der Waals surface area (Å²) in [7, 11) is -3.86. The number of nitrogens with zero attached hydrogens (tertiary/aromatic N) is 1. The first-order chi connectivity index (χ1) is 13.8. The highest BCUT2D eigenvalue weighted by molar-refractivity contribution is 7.90. The van der Waals surface area contributed by atoms with Crippen LogP contribution < -0.4 is 5.32 Å². The number of ether oxygens (including phenoxy) is 1. The van der Waals surface area contributed by atoms with Gasteiger partial charge in [0.2, 0.25) is 5.91 Å². The molecule has 0 aliphatic carbocycles. The van der Waals surface area contributed by atoms with Gasteiger partial charge in [0.25, 0.3) is 15.9 Å². The second-order valence-corrected chi connectivity index (χ2v) is 8.16. The molecule has 0 radical (unpaired) electrons. The summed E-state index contributed by atoms with van der Waals surface area (Å²) in [6, 6.07) is 12.3. The smallest absolute Gasteiger partial charge is 0.338 e. The van der Waals surface area contributed by atoms with Crippen molar-refractivity contribution in [3.05, 3.63) is 59.7 Å². The highest BCUT2D eigenvalue weighted by Gasteiger charge is 2.40. The summed E-state index contributed by atoms with van der Waals surface area (Å²) < 4.78 is 30.6. The summed E-state index contributed by atoms with van der Waals surface area (Å²) in [5.41, 5.74) is 1.03. The number of amides is 2. The lowest BCUT2D eigenvalue weighted by Gasteiger charge is -2.14. The summed E-state index contributed by atoms with van der Waals surface area (Å²) >= 11 is 0. The van der Waals surface area contributed by atoms with Crippen LogP contribution in [0.2, 0.25) is 0 Å².